The Morgan fingerprint density at radius 2 is 1.65 bits per heavy atom. The van der Waals surface area contributed by atoms with Gasteiger partial charge in [0, 0.05) is 11.3 Å². The van der Waals surface area contributed by atoms with Gasteiger partial charge in [-0.05, 0) is 94.5 Å². The fourth-order valence-corrected chi connectivity index (χ4v) is 10.1. The van der Waals surface area contributed by atoms with Gasteiger partial charge in [0.15, 0.2) is 0 Å². The first-order chi connectivity index (χ1) is 15.7. The van der Waals surface area contributed by atoms with Crippen molar-refractivity contribution in [3.63, 3.8) is 0 Å². The second-order valence-electron chi connectivity index (χ2n) is 14.4. The maximum Gasteiger partial charge on any atom is 0.317 e. The molecule has 2 saturated heterocycles. The highest BCUT2D eigenvalue weighted by molar-refractivity contribution is 5.86. The Kier molecular flexibility index (Phi) is 4.51. The van der Waals surface area contributed by atoms with Crippen molar-refractivity contribution in [2.75, 3.05) is 0 Å². The lowest BCUT2D eigenvalue weighted by Gasteiger charge is -2.59. The van der Waals surface area contributed by atoms with Crippen molar-refractivity contribution in [3.05, 3.63) is 23.3 Å². The molecule has 0 bridgehead atoms. The van der Waals surface area contributed by atoms with Crippen molar-refractivity contribution in [1.29, 1.82) is 0 Å². The number of esters is 1. The van der Waals surface area contributed by atoms with Crippen molar-refractivity contribution >= 4 is 5.97 Å². The monoisotopic (exact) mass is 468 g/mol. The Labute approximate surface area is 205 Å². The first kappa shape index (κ1) is 23.3. The van der Waals surface area contributed by atoms with Crippen molar-refractivity contribution in [3.8, 4) is 0 Å². The van der Waals surface area contributed by atoms with Crippen molar-refractivity contribution < 1.29 is 19.4 Å². The molecule has 0 radical (unpaired) electrons. The number of carbonyl (C=O) groups is 1. The zero-order chi connectivity index (χ0) is 24.5. The van der Waals surface area contributed by atoms with Crippen LogP contribution in [0.1, 0.15) is 99.8 Å². The fraction of sp³-hybridized carbons (Fsp3) is 0.833. The largest absolute Gasteiger partial charge is 0.456 e. The lowest BCUT2D eigenvalue weighted by molar-refractivity contribution is -0.171. The number of rotatable bonds is 1. The second-order valence-corrected chi connectivity index (χ2v) is 14.4. The average Bonchev–Trinajstić information content (AvgIpc) is 3.35. The number of aliphatic hydroxyl groups is 1. The van der Waals surface area contributed by atoms with Crippen LogP contribution in [0.3, 0.4) is 0 Å². The van der Waals surface area contributed by atoms with E-state index in [0.29, 0.717) is 5.92 Å². The van der Waals surface area contributed by atoms with Crippen LogP contribution in [0, 0.1) is 33.5 Å². The molecule has 2 aliphatic heterocycles. The summed E-state index contributed by atoms with van der Waals surface area (Å²) in [6, 6.07) is 0. The van der Waals surface area contributed by atoms with Crippen LogP contribution in [0.4, 0.5) is 0 Å². The Bertz CT molecular complexity index is 1010. The Morgan fingerprint density at radius 3 is 2.32 bits per heavy atom. The maximum absolute atomic E-state index is 13.9. The Hall–Kier alpha value is -1.13. The number of aliphatic hydroxyl groups excluding tert-OH is 1. The molecule has 6 rings (SSSR count). The summed E-state index contributed by atoms with van der Waals surface area (Å²) in [5.74, 6) is 0.580. The number of hydrogen-bond acceptors (Lipinski definition) is 4. The van der Waals surface area contributed by atoms with Crippen LogP contribution in [0.25, 0.3) is 0 Å². The summed E-state index contributed by atoms with van der Waals surface area (Å²) in [6.07, 6.45) is 12.3. The highest BCUT2D eigenvalue weighted by Gasteiger charge is 2.76. The number of hydrogen-bond donors (Lipinski definition) is 1. The van der Waals surface area contributed by atoms with Gasteiger partial charge in [-0.15, -0.1) is 0 Å². The first-order valence-electron chi connectivity index (χ1n) is 13.8. The van der Waals surface area contributed by atoms with Gasteiger partial charge in [0.2, 0.25) is 0 Å². The Morgan fingerprint density at radius 1 is 0.912 bits per heavy atom. The summed E-state index contributed by atoms with van der Waals surface area (Å²) in [7, 11) is 0. The number of ether oxygens (including phenoxy) is 2. The number of carbonyl (C=O) groups excluding carboxylic acids is 1. The molecule has 4 fully saturated rings. The van der Waals surface area contributed by atoms with Crippen LogP contribution >= 0.6 is 0 Å². The van der Waals surface area contributed by atoms with E-state index in [-0.39, 0.29) is 45.9 Å². The van der Waals surface area contributed by atoms with E-state index in [1.54, 1.807) is 0 Å². The lowest BCUT2D eigenvalue weighted by Crippen LogP contribution is -2.55. The number of allylic oxidation sites excluding steroid dienone is 3. The molecule has 6 aliphatic rings. The van der Waals surface area contributed by atoms with Gasteiger partial charge in [0.25, 0.3) is 0 Å². The van der Waals surface area contributed by atoms with E-state index >= 15 is 0 Å². The topological polar surface area (TPSA) is 55.8 Å². The summed E-state index contributed by atoms with van der Waals surface area (Å²) in [6.45, 7) is 15.8. The third-order valence-corrected chi connectivity index (χ3v) is 12.1. The number of fused-ring (bicyclic) bond motifs is 3. The van der Waals surface area contributed by atoms with Crippen LogP contribution < -0.4 is 0 Å². The normalized spacial score (nSPS) is 52.6. The minimum absolute atomic E-state index is 0.0252. The summed E-state index contributed by atoms with van der Waals surface area (Å²) in [5, 5.41) is 10.8. The molecule has 34 heavy (non-hydrogen) atoms. The molecule has 2 saturated carbocycles. The molecule has 0 aromatic heterocycles. The van der Waals surface area contributed by atoms with Gasteiger partial charge in [0.05, 0.1) is 17.8 Å². The quantitative estimate of drug-likeness (QED) is 0.471. The second kappa shape index (κ2) is 6.59. The van der Waals surface area contributed by atoms with Gasteiger partial charge >= 0.3 is 5.97 Å². The predicted molar refractivity (Wildman–Crippen MR) is 132 cm³/mol. The van der Waals surface area contributed by atoms with Crippen LogP contribution in [0.2, 0.25) is 0 Å². The zero-order valence-corrected chi connectivity index (χ0v) is 22.3. The minimum Gasteiger partial charge on any atom is -0.456 e. The molecule has 1 spiro atoms. The molecule has 4 aliphatic carbocycles. The molecule has 0 aromatic carbocycles. The van der Waals surface area contributed by atoms with Crippen molar-refractivity contribution in [2.45, 2.75) is 123 Å². The van der Waals surface area contributed by atoms with E-state index in [9.17, 15) is 9.90 Å². The van der Waals surface area contributed by atoms with E-state index in [1.807, 2.05) is 0 Å². The average molecular weight is 469 g/mol. The van der Waals surface area contributed by atoms with E-state index in [0.717, 1.165) is 51.4 Å². The van der Waals surface area contributed by atoms with Crippen LogP contribution in [0.15, 0.2) is 23.3 Å². The highest BCUT2D eigenvalue weighted by Crippen LogP contribution is 2.74. The molecule has 8 atom stereocenters. The molecular formula is C30H44O4. The lowest BCUT2D eigenvalue weighted by atomic mass is 9.44. The summed E-state index contributed by atoms with van der Waals surface area (Å²) in [5.41, 5.74) is 1.45. The molecule has 0 aromatic rings. The summed E-state index contributed by atoms with van der Waals surface area (Å²) >= 11 is 0. The number of cyclic esters (lactones) is 1. The van der Waals surface area contributed by atoms with Crippen molar-refractivity contribution in [1.82, 2.24) is 0 Å². The van der Waals surface area contributed by atoms with Crippen LogP contribution in [-0.4, -0.2) is 34.5 Å². The van der Waals surface area contributed by atoms with Gasteiger partial charge in [-0.2, -0.15) is 0 Å². The SMILES string of the molecule is CC1(C)CCC(C2(C)OC(=O)C34C=CC5=C(CCC6C5(C)CCC(O)C6(C)C)C3(C)CCC24)O1. The fourth-order valence-electron chi connectivity index (χ4n) is 10.1. The molecule has 2 heterocycles. The van der Waals surface area contributed by atoms with Crippen molar-refractivity contribution in [2.24, 2.45) is 33.5 Å². The van der Waals surface area contributed by atoms with Gasteiger partial charge in [-0.3, -0.25) is 4.79 Å². The first-order valence-corrected chi connectivity index (χ1v) is 13.8. The molecule has 1 N–H and O–H groups in total. The Balaban J connectivity index is 1.42. The minimum atomic E-state index is -0.580. The van der Waals surface area contributed by atoms with E-state index < -0.39 is 11.0 Å². The van der Waals surface area contributed by atoms with Gasteiger partial charge in [-0.1, -0.05) is 45.4 Å². The van der Waals surface area contributed by atoms with Crippen LogP contribution in [0.5, 0.6) is 0 Å². The highest BCUT2D eigenvalue weighted by atomic mass is 16.6. The third-order valence-electron chi connectivity index (χ3n) is 12.1. The predicted octanol–water partition coefficient (Wildman–Crippen LogP) is 6.13. The van der Waals surface area contributed by atoms with Gasteiger partial charge < -0.3 is 14.6 Å². The molecule has 188 valence electrons. The van der Waals surface area contributed by atoms with E-state index in [2.05, 4.69) is 60.6 Å². The maximum atomic E-state index is 13.9. The standard InChI is InChI=1S/C30H44O4/c1-25(2)14-13-23(33-25)29(7)21-11-16-28(6)19-8-9-20-26(3,4)22(31)12-15-27(20,5)18(19)10-17-30(21,28)24(32)34-29/h10,17,20-23,31H,8-9,11-16H2,1-7H3. The molecule has 0 amide bonds. The summed E-state index contributed by atoms with van der Waals surface area (Å²) in [4.78, 5) is 13.9. The zero-order valence-electron chi connectivity index (χ0n) is 22.3. The third kappa shape index (κ3) is 2.50. The van der Waals surface area contributed by atoms with E-state index in [4.69, 9.17) is 9.47 Å². The van der Waals surface area contributed by atoms with Gasteiger partial charge in [0.1, 0.15) is 11.0 Å². The molecule has 4 nitrogen and oxygen atoms in total. The van der Waals surface area contributed by atoms with E-state index in [1.165, 1.54) is 11.1 Å². The molecular weight excluding hydrogens is 424 g/mol. The smallest absolute Gasteiger partial charge is 0.317 e. The summed E-state index contributed by atoms with van der Waals surface area (Å²) < 4.78 is 12.9. The molecule has 8 unspecified atom stereocenters. The molecule has 4 heteroatoms. The van der Waals surface area contributed by atoms with Crippen LogP contribution in [-0.2, 0) is 14.3 Å². The van der Waals surface area contributed by atoms with Gasteiger partial charge in [-0.25, -0.2) is 0 Å².